The van der Waals surface area contributed by atoms with E-state index >= 15 is 0 Å². The number of rotatable bonds is 1. The number of hydrogen-bond donors (Lipinski definition) is 1. The van der Waals surface area contributed by atoms with E-state index < -0.39 is 0 Å². The van der Waals surface area contributed by atoms with Crippen molar-refractivity contribution in [1.82, 2.24) is 0 Å². The fourth-order valence-electron chi connectivity index (χ4n) is 1.96. The second-order valence-corrected chi connectivity index (χ2v) is 4.27. The van der Waals surface area contributed by atoms with Gasteiger partial charge >= 0.3 is 0 Å². The lowest BCUT2D eigenvalue weighted by atomic mass is 9.77. The van der Waals surface area contributed by atoms with Crippen molar-refractivity contribution in [3.05, 3.63) is 11.1 Å². The van der Waals surface area contributed by atoms with Crippen molar-refractivity contribution in [3.63, 3.8) is 0 Å². The van der Waals surface area contributed by atoms with Crippen molar-refractivity contribution in [3.8, 4) is 0 Å². The molecule has 0 aliphatic heterocycles. The van der Waals surface area contributed by atoms with Crippen LogP contribution in [-0.4, -0.2) is 11.7 Å². The first-order chi connectivity index (χ1) is 5.65. The van der Waals surface area contributed by atoms with Crippen molar-refractivity contribution >= 4 is 0 Å². The summed E-state index contributed by atoms with van der Waals surface area (Å²) in [5, 5.41) is 9.14. The molecule has 2 atom stereocenters. The first-order valence-corrected chi connectivity index (χ1v) is 4.91. The molecule has 12 heavy (non-hydrogen) atoms. The lowest BCUT2D eigenvalue weighted by Gasteiger charge is -2.29. The average molecular weight is 168 g/mol. The Morgan fingerprint density at radius 2 is 2.17 bits per heavy atom. The van der Waals surface area contributed by atoms with Gasteiger partial charge in [0.1, 0.15) is 0 Å². The number of allylic oxidation sites excluding steroid dienone is 2. The Kier molecular flexibility index (Phi) is 3.33. The van der Waals surface area contributed by atoms with Gasteiger partial charge in [0.2, 0.25) is 0 Å². The van der Waals surface area contributed by atoms with Gasteiger partial charge in [0.25, 0.3) is 0 Å². The Morgan fingerprint density at radius 3 is 2.67 bits per heavy atom. The van der Waals surface area contributed by atoms with E-state index in [-0.39, 0.29) is 0 Å². The summed E-state index contributed by atoms with van der Waals surface area (Å²) in [5.74, 6) is 1.22. The smallest absolute Gasteiger partial charge is 0.0464 e. The highest BCUT2D eigenvalue weighted by Gasteiger charge is 2.23. The second kappa shape index (κ2) is 4.08. The summed E-state index contributed by atoms with van der Waals surface area (Å²) in [5.41, 5.74) is 3.03. The van der Waals surface area contributed by atoms with Gasteiger partial charge in [-0.05, 0) is 44.9 Å². The van der Waals surface area contributed by atoms with Gasteiger partial charge in [0.15, 0.2) is 0 Å². The molecule has 1 aliphatic carbocycles. The van der Waals surface area contributed by atoms with E-state index in [1.165, 1.54) is 18.4 Å². The highest BCUT2D eigenvalue weighted by atomic mass is 16.3. The Balaban J connectivity index is 2.62. The van der Waals surface area contributed by atoms with Gasteiger partial charge in [-0.15, -0.1) is 0 Å². The molecule has 70 valence electrons. The molecule has 0 bridgehead atoms. The van der Waals surface area contributed by atoms with Crippen LogP contribution in [0.15, 0.2) is 11.1 Å². The standard InChI is InChI=1S/C11H20O/c1-8(2)10-5-4-9(3)11(6-10)7-12/h9,11-12H,4-7H2,1-3H3. The highest BCUT2D eigenvalue weighted by molar-refractivity contribution is 5.13. The highest BCUT2D eigenvalue weighted by Crippen LogP contribution is 2.34. The second-order valence-electron chi connectivity index (χ2n) is 4.27. The number of aliphatic hydroxyl groups is 1. The third-order valence-electron chi connectivity index (χ3n) is 3.16. The third-order valence-corrected chi connectivity index (χ3v) is 3.16. The predicted octanol–water partition coefficient (Wildman–Crippen LogP) is 2.75. The first-order valence-electron chi connectivity index (χ1n) is 4.91. The summed E-state index contributed by atoms with van der Waals surface area (Å²) in [6.45, 7) is 6.97. The lowest BCUT2D eigenvalue weighted by Crippen LogP contribution is -2.21. The van der Waals surface area contributed by atoms with Crippen molar-refractivity contribution in [1.29, 1.82) is 0 Å². The fourth-order valence-corrected chi connectivity index (χ4v) is 1.96. The SMILES string of the molecule is CC(C)=C1CCC(C)C(CO)C1. The van der Waals surface area contributed by atoms with Crippen LogP contribution in [0.5, 0.6) is 0 Å². The number of hydrogen-bond acceptors (Lipinski definition) is 1. The molecule has 0 aromatic heterocycles. The van der Waals surface area contributed by atoms with E-state index in [0.29, 0.717) is 18.4 Å². The zero-order chi connectivity index (χ0) is 9.14. The molecule has 1 saturated carbocycles. The zero-order valence-corrected chi connectivity index (χ0v) is 8.43. The summed E-state index contributed by atoms with van der Waals surface area (Å²) < 4.78 is 0. The van der Waals surface area contributed by atoms with Crippen LogP contribution in [0.4, 0.5) is 0 Å². The normalized spacial score (nSPS) is 30.5. The van der Waals surface area contributed by atoms with E-state index in [0.717, 1.165) is 6.42 Å². The maximum absolute atomic E-state index is 9.14. The quantitative estimate of drug-likeness (QED) is 0.597. The van der Waals surface area contributed by atoms with E-state index in [1.807, 2.05) is 0 Å². The van der Waals surface area contributed by atoms with Crippen LogP contribution in [0.1, 0.15) is 40.0 Å². The molecule has 0 aromatic carbocycles. The molecule has 1 aliphatic rings. The molecule has 0 amide bonds. The van der Waals surface area contributed by atoms with Crippen LogP contribution in [0.2, 0.25) is 0 Å². The van der Waals surface area contributed by atoms with Gasteiger partial charge < -0.3 is 5.11 Å². The monoisotopic (exact) mass is 168 g/mol. The molecular weight excluding hydrogens is 148 g/mol. The van der Waals surface area contributed by atoms with Gasteiger partial charge in [-0.3, -0.25) is 0 Å². The molecule has 1 rings (SSSR count). The van der Waals surface area contributed by atoms with Gasteiger partial charge in [-0.1, -0.05) is 18.1 Å². The van der Waals surface area contributed by atoms with Gasteiger partial charge in [-0.2, -0.15) is 0 Å². The maximum atomic E-state index is 9.14. The fraction of sp³-hybridized carbons (Fsp3) is 0.818. The summed E-state index contributed by atoms with van der Waals surface area (Å²) >= 11 is 0. The minimum Gasteiger partial charge on any atom is -0.396 e. The van der Waals surface area contributed by atoms with Crippen molar-refractivity contribution in [2.45, 2.75) is 40.0 Å². The van der Waals surface area contributed by atoms with Crippen LogP contribution in [0.3, 0.4) is 0 Å². The predicted molar refractivity (Wildman–Crippen MR) is 52.0 cm³/mol. The Morgan fingerprint density at radius 1 is 1.50 bits per heavy atom. The summed E-state index contributed by atoms with van der Waals surface area (Å²) in [4.78, 5) is 0. The minimum atomic E-state index is 0.359. The van der Waals surface area contributed by atoms with Crippen LogP contribution in [0.25, 0.3) is 0 Å². The molecule has 0 aromatic rings. The Labute approximate surface area is 75.5 Å². The first kappa shape index (κ1) is 9.79. The van der Waals surface area contributed by atoms with Crippen LogP contribution >= 0.6 is 0 Å². The van der Waals surface area contributed by atoms with E-state index in [1.54, 1.807) is 5.57 Å². The van der Waals surface area contributed by atoms with Crippen molar-refractivity contribution in [2.24, 2.45) is 11.8 Å². The van der Waals surface area contributed by atoms with Crippen LogP contribution in [-0.2, 0) is 0 Å². The Hall–Kier alpha value is -0.300. The van der Waals surface area contributed by atoms with Gasteiger partial charge in [0, 0.05) is 6.61 Å². The molecule has 0 saturated heterocycles. The number of aliphatic hydroxyl groups excluding tert-OH is 1. The lowest BCUT2D eigenvalue weighted by molar-refractivity contribution is 0.162. The van der Waals surface area contributed by atoms with Crippen LogP contribution < -0.4 is 0 Å². The topological polar surface area (TPSA) is 20.2 Å². The molecule has 1 heteroatoms. The minimum absolute atomic E-state index is 0.359. The zero-order valence-electron chi connectivity index (χ0n) is 8.43. The molecule has 1 fully saturated rings. The molecule has 1 nitrogen and oxygen atoms in total. The summed E-state index contributed by atoms with van der Waals surface area (Å²) in [7, 11) is 0. The molecule has 0 radical (unpaired) electrons. The molecule has 0 heterocycles. The maximum Gasteiger partial charge on any atom is 0.0464 e. The van der Waals surface area contributed by atoms with Gasteiger partial charge in [0.05, 0.1) is 0 Å². The third kappa shape index (κ3) is 2.10. The van der Waals surface area contributed by atoms with Gasteiger partial charge in [-0.25, -0.2) is 0 Å². The van der Waals surface area contributed by atoms with Crippen molar-refractivity contribution < 1.29 is 5.11 Å². The Bertz CT molecular complexity index is 177. The summed E-state index contributed by atoms with van der Waals surface area (Å²) in [6.07, 6.45) is 3.63. The molecule has 0 spiro atoms. The molecule has 1 N–H and O–H groups in total. The van der Waals surface area contributed by atoms with E-state index in [4.69, 9.17) is 5.11 Å². The summed E-state index contributed by atoms with van der Waals surface area (Å²) in [6, 6.07) is 0. The van der Waals surface area contributed by atoms with E-state index in [9.17, 15) is 0 Å². The van der Waals surface area contributed by atoms with Crippen LogP contribution in [0, 0.1) is 11.8 Å². The largest absolute Gasteiger partial charge is 0.396 e. The van der Waals surface area contributed by atoms with Crippen molar-refractivity contribution in [2.75, 3.05) is 6.61 Å². The average Bonchev–Trinajstić information content (AvgIpc) is 2.05. The molecule has 2 unspecified atom stereocenters. The van der Waals surface area contributed by atoms with E-state index in [2.05, 4.69) is 20.8 Å². The molecular formula is C11H20O.